The molecule has 23 heavy (non-hydrogen) atoms. The average Bonchev–Trinajstić information content (AvgIpc) is 2.89. The Morgan fingerprint density at radius 3 is 2.43 bits per heavy atom. The van der Waals surface area contributed by atoms with E-state index in [0.717, 1.165) is 6.26 Å². The van der Waals surface area contributed by atoms with Crippen LogP contribution < -0.4 is 0 Å². The third-order valence-corrected chi connectivity index (χ3v) is 5.15. The number of hydrogen-bond acceptors (Lipinski definition) is 7. The highest BCUT2D eigenvalue weighted by Gasteiger charge is 2.54. The fourth-order valence-electron chi connectivity index (χ4n) is 2.89. The summed E-state index contributed by atoms with van der Waals surface area (Å²) in [6.45, 7) is 3.79. The standard InChI is InChI=1S/C14H21ClO7S/c1-5-14(6-2)20-11-9(22-23(4,17)18)7-8(13(16)19-3)10(15)12(11)21-14/h9,11-12H,5-7H2,1-4H3/t9-,11+,12-/m1/s1. The predicted molar refractivity (Wildman–Crippen MR) is 82.3 cm³/mol. The largest absolute Gasteiger partial charge is 0.466 e. The molecular formula is C14H21ClO7S. The minimum Gasteiger partial charge on any atom is -0.466 e. The number of fused-ring (bicyclic) bond motifs is 1. The van der Waals surface area contributed by atoms with E-state index < -0.39 is 40.2 Å². The van der Waals surface area contributed by atoms with Crippen LogP contribution in [-0.2, 0) is 33.3 Å². The van der Waals surface area contributed by atoms with Crippen LogP contribution in [-0.4, -0.2) is 51.9 Å². The predicted octanol–water partition coefficient (Wildman–Crippen LogP) is 1.70. The lowest BCUT2D eigenvalue weighted by Gasteiger charge is -2.31. The summed E-state index contributed by atoms with van der Waals surface area (Å²) in [6.07, 6.45) is -0.322. The van der Waals surface area contributed by atoms with Gasteiger partial charge in [-0.15, -0.1) is 0 Å². The van der Waals surface area contributed by atoms with Crippen molar-refractivity contribution in [1.29, 1.82) is 0 Å². The van der Waals surface area contributed by atoms with E-state index in [9.17, 15) is 13.2 Å². The summed E-state index contributed by atoms with van der Waals surface area (Å²) >= 11 is 6.30. The molecule has 1 fully saturated rings. The van der Waals surface area contributed by atoms with Gasteiger partial charge in [0.1, 0.15) is 18.3 Å². The highest BCUT2D eigenvalue weighted by atomic mass is 35.5. The molecule has 0 bridgehead atoms. The van der Waals surface area contributed by atoms with Crippen LogP contribution in [0.25, 0.3) is 0 Å². The monoisotopic (exact) mass is 368 g/mol. The van der Waals surface area contributed by atoms with Crippen molar-refractivity contribution in [2.45, 2.75) is 57.2 Å². The highest BCUT2D eigenvalue weighted by molar-refractivity contribution is 7.86. The lowest BCUT2D eigenvalue weighted by molar-refractivity contribution is -0.182. The molecule has 0 unspecified atom stereocenters. The van der Waals surface area contributed by atoms with Crippen molar-refractivity contribution >= 4 is 27.7 Å². The zero-order chi connectivity index (χ0) is 17.4. The topological polar surface area (TPSA) is 88.1 Å². The molecule has 0 spiro atoms. The zero-order valence-electron chi connectivity index (χ0n) is 13.5. The highest BCUT2D eigenvalue weighted by Crippen LogP contribution is 2.45. The first kappa shape index (κ1) is 18.7. The van der Waals surface area contributed by atoms with Gasteiger partial charge in [0.15, 0.2) is 5.79 Å². The van der Waals surface area contributed by atoms with Crippen LogP contribution in [0.2, 0.25) is 0 Å². The second-order valence-corrected chi connectivity index (χ2v) is 7.61. The quantitative estimate of drug-likeness (QED) is 0.539. The molecule has 9 heteroatoms. The maximum absolute atomic E-state index is 11.9. The van der Waals surface area contributed by atoms with Crippen LogP contribution in [0.1, 0.15) is 33.1 Å². The summed E-state index contributed by atoms with van der Waals surface area (Å²) in [7, 11) is -2.51. The van der Waals surface area contributed by atoms with Gasteiger partial charge in [-0.05, 0) is 12.8 Å². The van der Waals surface area contributed by atoms with Crippen LogP contribution in [0.3, 0.4) is 0 Å². The van der Waals surface area contributed by atoms with E-state index in [2.05, 4.69) is 0 Å². The van der Waals surface area contributed by atoms with Crippen molar-refractivity contribution in [3.63, 3.8) is 0 Å². The van der Waals surface area contributed by atoms with E-state index in [1.54, 1.807) is 0 Å². The van der Waals surface area contributed by atoms with Gasteiger partial charge in [-0.25, -0.2) is 4.79 Å². The van der Waals surface area contributed by atoms with Crippen molar-refractivity contribution in [2.75, 3.05) is 13.4 Å². The Kier molecular flexibility index (Phi) is 5.42. The molecule has 2 rings (SSSR count). The number of methoxy groups -OCH3 is 1. The molecule has 132 valence electrons. The minimum absolute atomic E-state index is 0.0212. The first-order valence-corrected chi connectivity index (χ1v) is 9.56. The van der Waals surface area contributed by atoms with E-state index in [-0.39, 0.29) is 17.0 Å². The van der Waals surface area contributed by atoms with Crippen LogP contribution in [0.5, 0.6) is 0 Å². The molecule has 7 nitrogen and oxygen atoms in total. The molecule has 1 saturated heterocycles. The van der Waals surface area contributed by atoms with Crippen molar-refractivity contribution in [3.05, 3.63) is 10.6 Å². The van der Waals surface area contributed by atoms with Gasteiger partial charge in [0.05, 0.1) is 24.0 Å². The molecular weight excluding hydrogens is 348 g/mol. The summed E-state index contributed by atoms with van der Waals surface area (Å²) in [5, 5.41) is 0.180. The number of halogens is 1. The first-order chi connectivity index (χ1) is 10.7. The Morgan fingerprint density at radius 2 is 1.96 bits per heavy atom. The third-order valence-electron chi connectivity index (χ3n) is 4.11. The molecule has 0 radical (unpaired) electrons. The Hall–Kier alpha value is -0.670. The Bertz CT molecular complexity index is 609. The number of carbonyl (C=O) groups is 1. The number of rotatable bonds is 5. The molecule has 0 aromatic rings. The van der Waals surface area contributed by atoms with Gasteiger partial charge in [-0.1, -0.05) is 25.4 Å². The molecule has 0 saturated carbocycles. The van der Waals surface area contributed by atoms with Gasteiger partial charge in [0.25, 0.3) is 10.1 Å². The molecule has 0 aromatic carbocycles. The number of ether oxygens (including phenoxy) is 3. The van der Waals surface area contributed by atoms with E-state index in [4.69, 9.17) is 30.0 Å². The summed E-state index contributed by atoms with van der Waals surface area (Å²) in [6, 6.07) is 0. The Labute approximate surface area is 141 Å². The second-order valence-electron chi connectivity index (χ2n) is 5.60. The van der Waals surface area contributed by atoms with Crippen molar-refractivity contribution in [2.24, 2.45) is 0 Å². The van der Waals surface area contributed by atoms with Crippen LogP contribution in [0, 0.1) is 0 Å². The minimum atomic E-state index is -3.74. The fourth-order valence-corrected chi connectivity index (χ4v) is 3.84. The number of hydrogen-bond donors (Lipinski definition) is 0. The van der Waals surface area contributed by atoms with E-state index in [1.807, 2.05) is 13.8 Å². The summed E-state index contributed by atoms with van der Waals surface area (Å²) in [5.41, 5.74) is 0.149. The van der Waals surface area contributed by atoms with Gasteiger partial charge in [0.2, 0.25) is 0 Å². The Morgan fingerprint density at radius 1 is 1.35 bits per heavy atom. The smallest absolute Gasteiger partial charge is 0.335 e. The molecule has 1 heterocycles. The van der Waals surface area contributed by atoms with Crippen molar-refractivity contribution < 1.29 is 31.6 Å². The normalized spacial score (nSPS) is 30.2. The molecule has 3 atom stereocenters. The summed E-state index contributed by atoms with van der Waals surface area (Å²) in [5.74, 6) is -1.51. The third kappa shape index (κ3) is 3.71. The van der Waals surface area contributed by atoms with Gasteiger partial charge < -0.3 is 14.2 Å². The Balaban J connectivity index is 2.42. The van der Waals surface area contributed by atoms with Crippen molar-refractivity contribution in [3.8, 4) is 0 Å². The summed E-state index contributed by atoms with van der Waals surface area (Å²) in [4.78, 5) is 11.9. The van der Waals surface area contributed by atoms with Crippen LogP contribution >= 0.6 is 11.6 Å². The average molecular weight is 369 g/mol. The molecule has 0 N–H and O–H groups in total. The van der Waals surface area contributed by atoms with Gasteiger partial charge in [-0.3, -0.25) is 4.18 Å². The lowest BCUT2D eigenvalue weighted by Crippen LogP contribution is -2.43. The van der Waals surface area contributed by atoms with Crippen LogP contribution in [0.15, 0.2) is 10.6 Å². The zero-order valence-corrected chi connectivity index (χ0v) is 15.1. The number of esters is 1. The van der Waals surface area contributed by atoms with E-state index in [1.165, 1.54) is 7.11 Å². The van der Waals surface area contributed by atoms with Crippen LogP contribution in [0.4, 0.5) is 0 Å². The molecule has 0 amide bonds. The van der Waals surface area contributed by atoms with E-state index in [0.29, 0.717) is 12.8 Å². The number of carbonyl (C=O) groups excluding carboxylic acids is 1. The maximum atomic E-state index is 11.9. The summed E-state index contributed by atoms with van der Waals surface area (Å²) < 4.78 is 44.8. The molecule has 1 aliphatic heterocycles. The van der Waals surface area contributed by atoms with Crippen molar-refractivity contribution in [1.82, 2.24) is 0 Å². The SMILES string of the molecule is CCC1(CC)O[C@@H]2[C@H](O1)C(Cl)=C(C(=O)OC)C[C@H]2OS(C)(=O)=O. The molecule has 1 aliphatic carbocycles. The molecule has 2 aliphatic rings. The van der Waals surface area contributed by atoms with Gasteiger partial charge in [0, 0.05) is 6.42 Å². The maximum Gasteiger partial charge on any atom is 0.335 e. The fraction of sp³-hybridized carbons (Fsp3) is 0.786. The lowest BCUT2D eigenvalue weighted by atomic mass is 9.92. The van der Waals surface area contributed by atoms with E-state index >= 15 is 0 Å². The van der Waals surface area contributed by atoms with Gasteiger partial charge >= 0.3 is 5.97 Å². The first-order valence-electron chi connectivity index (χ1n) is 7.37. The second kappa shape index (κ2) is 6.68. The van der Waals surface area contributed by atoms with Gasteiger partial charge in [-0.2, -0.15) is 8.42 Å². The molecule has 0 aromatic heterocycles.